The van der Waals surface area contributed by atoms with E-state index in [1.165, 1.54) is 6.07 Å². The molecule has 4 nitrogen and oxygen atoms in total. The van der Waals surface area contributed by atoms with Crippen LogP contribution in [0.25, 0.3) is 0 Å². The second kappa shape index (κ2) is 10.7. The van der Waals surface area contributed by atoms with Crippen LogP contribution in [0.5, 0.6) is 11.5 Å². The van der Waals surface area contributed by atoms with Gasteiger partial charge in [-0.15, -0.1) is 0 Å². The van der Waals surface area contributed by atoms with Crippen molar-refractivity contribution in [2.24, 2.45) is 0 Å². The van der Waals surface area contributed by atoms with Crippen LogP contribution < -0.4 is 15.2 Å². The third kappa shape index (κ3) is 6.40. The molecule has 2 aromatic rings. The molecule has 0 aromatic heterocycles. The molecule has 2 aromatic carbocycles. The lowest BCUT2D eigenvalue weighted by Crippen LogP contribution is -2.40. The van der Waals surface area contributed by atoms with Gasteiger partial charge in [-0.2, -0.15) is 18.4 Å². The minimum absolute atomic E-state index is 0.0634. The summed E-state index contributed by atoms with van der Waals surface area (Å²) in [4.78, 5) is 0. The van der Waals surface area contributed by atoms with Crippen molar-refractivity contribution < 1.29 is 17.9 Å². The van der Waals surface area contributed by atoms with Gasteiger partial charge in [-0.25, -0.2) is 5.43 Å². The highest BCUT2D eigenvalue weighted by Gasteiger charge is 2.37. The summed E-state index contributed by atoms with van der Waals surface area (Å²) in [7, 11) is 0. The summed E-state index contributed by atoms with van der Waals surface area (Å²) in [6.45, 7) is 5.17. The molecule has 0 saturated heterocycles. The molecule has 7 heteroatoms. The van der Waals surface area contributed by atoms with Gasteiger partial charge >= 0.3 is 6.18 Å². The highest BCUT2D eigenvalue weighted by molar-refractivity contribution is 5.66. The zero-order chi connectivity index (χ0) is 21.3. The normalized spacial score (nSPS) is 11.2. The fourth-order valence-corrected chi connectivity index (χ4v) is 2.79. The lowest BCUT2D eigenvalue weighted by Gasteiger charge is -2.29. The number of hydrogen-bond donors (Lipinski definition) is 1. The van der Waals surface area contributed by atoms with Gasteiger partial charge in [-0.1, -0.05) is 44.9 Å². The van der Waals surface area contributed by atoms with Crippen LogP contribution in [-0.4, -0.2) is 13.1 Å². The number of hydrazine groups is 1. The number of benzene rings is 2. The SMILES string of the molecule is CCCCNN(CCCC)c1cc(C#N)cc(C(F)(F)F)c1Oc1ccccc1. The van der Waals surface area contributed by atoms with Crippen molar-refractivity contribution in [3.63, 3.8) is 0 Å². The lowest BCUT2D eigenvalue weighted by atomic mass is 10.1. The minimum Gasteiger partial charge on any atom is -0.454 e. The quantitative estimate of drug-likeness (QED) is 0.373. The minimum atomic E-state index is -4.66. The summed E-state index contributed by atoms with van der Waals surface area (Å²) >= 11 is 0. The predicted molar refractivity (Wildman–Crippen MR) is 108 cm³/mol. The van der Waals surface area contributed by atoms with Gasteiger partial charge in [0.1, 0.15) is 11.3 Å². The number of alkyl halides is 3. The molecule has 1 N–H and O–H groups in total. The van der Waals surface area contributed by atoms with Crippen LogP contribution in [0.4, 0.5) is 18.9 Å². The summed E-state index contributed by atoms with van der Waals surface area (Å²) in [5, 5.41) is 11.0. The number of anilines is 1. The standard InChI is InChI=1S/C22H26F3N3O/c1-3-5-12-27-28(13-6-4-2)20-15-17(16-26)14-19(22(23,24)25)21(20)29-18-10-8-7-9-11-18/h7-11,14-15,27H,3-6,12-13H2,1-2H3. The summed E-state index contributed by atoms with van der Waals surface area (Å²) < 4.78 is 47.2. The highest BCUT2D eigenvalue weighted by atomic mass is 19.4. The first-order chi connectivity index (χ1) is 13.9. The topological polar surface area (TPSA) is 48.3 Å². The monoisotopic (exact) mass is 405 g/mol. The number of unbranched alkanes of at least 4 members (excludes halogenated alkanes) is 2. The summed E-state index contributed by atoms with van der Waals surface area (Å²) in [6.07, 6.45) is -1.17. The predicted octanol–water partition coefficient (Wildman–Crippen LogP) is 6.28. The number of nitrogens with one attached hydrogen (secondary N) is 1. The Morgan fingerprint density at radius 2 is 1.76 bits per heavy atom. The number of nitriles is 1. The Labute approximate surface area is 169 Å². The molecule has 0 aliphatic carbocycles. The highest BCUT2D eigenvalue weighted by Crippen LogP contribution is 2.44. The Balaban J connectivity index is 2.59. The van der Waals surface area contributed by atoms with E-state index in [-0.39, 0.29) is 17.0 Å². The maximum Gasteiger partial charge on any atom is 0.420 e. The largest absolute Gasteiger partial charge is 0.454 e. The van der Waals surface area contributed by atoms with E-state index >= 15 is 0 Å². The van der Waals surface area contributed by atoms with E-state index in [0.717, 1.165) is 31.7 Å². The average molecular weight is 405 g/mol. The van der Waals surface area contributed by atoms with Crippen LogP contribution in [0.3, 0.4) is 0 Å². The van der Waals surface area contributed by atoms with Crippen molar-refractivity contribution in [1.82, 2.24) is 5.43 Å². The van der Waals surface area contributed by atoms with E-state index in [4.69, 9.17) is 4.74 Å². The number of para-hydroxylation sites is 1. The average Bonchev–Trinajstić information content (AvgIpc) is 2.71. The molecule has 0 saturated carbocycles. The van der Waals surface area contributed by atoms with Gasteiger partial charge in [0.05, 0.1) is 17.3 Å². The number of halogens is 3. The van der Waals surface area contributed by atoms with Crippen molar-refractivity contribution >= 4 is 5.69 Å². The molecule has 2 rings (SSSR count). The van der Waals surface area contributed by atoms with Gasteiger partial charge in [0, 0.05) is 13.1 Å². The summed E-state index contributed by atoms with van der Waals surface area (Å²) in [6, 6.07) is 12.5. The molecule has 0 atom stereocenters. The molecule has 156 valence electrons. The lowest BCUT2D eigenvalue weighted by molar-refractivity contribution is -0.138. The Bertz CT molecular complexity index is 817. The Morgan fingerprint density at radius 3 is 2.34 bits per heavy atom. The smallest absolute Gasteiger partial charge is 0.420 e. The molecule has 0 radical (unpaired) electrons. The number of nitrogens with zero attached hydrogens (tertiary/aromatic N) is 2. The third-order valence-electron chi connectivity index (χ3n) is 4.33. The van der Waals surface area contributed by atoms with E-state index in [1.54, 1.807) is 35.3 Å². The van der Waals surface area contributed by atoms with Crippen molar-refractivity contribution in [3.8, 4) is 17.6 Å². The van der Waals surface area contributed by atoms with Gasteiger partial charge in [0.15, 0.2) is 5.75 Å². The molecule has 0 bridgehead atoms. The molecule has 0 amide bonds. The molecule has 29 heavy (non-hydrogen) atoms. The van der Waals surface area contributed by atoms with Crippen LogP contribution in [0.1, 0.15) is 50.7 Å². The molecular formula is C22H26F3N3O. The van der Waals surface area contributed by atoms with E-state index in [9.17, 15) is 18.4 Å². The van der Waals surface area contributed by atoms with Crippen LogP contribution >= 0.6 is 0 Å². The van der Waals surface area contributed by atoms with E-state index in [0.29, 0.717) is 18.8 Å². The van der Waals surface area contributed by atoms with Gasteiger partial charge in [0.2, 0.25) is 0 Å². The van der Waals surface area contributed by atoms with Crippen molar-refractivity contribution in [2.75, 3.05) is 18.1 Å². The van der Waals surface area contributed by atoms with E-state index in [1.807, 2.05) is 19.9 Å². The number of hydrogen-bond acceptors (Lipinski definition) is 4. The third-order valence-corrected chi connectivity index (χ3v) is 4.33. The Morgan fingerprint density at radius 1 is 1.07 bits per heavy atom. The van der Waals surface area contributed by atoms with Gasteiger partial charge in [-0.05, 0) is 37.1 Å². The van der Waals surface area contributed by atoms with Gasteiger partial charge < -0.3 is 9.75 Å². The summed E-state index contributed by atoms with van der Waals surface area (Å²) in [5.74, 6) is -0.00393. The fourth-order valence-electron chi connectivity index (χ4n) is 2.79. The van der Waals surface area contributed by atoms with Crippen molar-refractivity contribution in [2.45, 2.75) is 45.7 Å². The maximum absolute atomic E-state index is 13.8. The Hall–Kier alpha value is -2.72. The first-order valence-corrected chi connectivity index (χ1v) is 9.80. The van der Waals surface area contributed by atoms with Gasteiger partial charge in [0.25, 0.3) is 0 Å². The molecule has 0 heterocycles. The van der Waals surface area contributed by atoms with E-state index in [2.05, 4.69) is 5.43 Å². The first kappa shape index (κ1) is 22.6. The number of ether oxygens (including phenoxy) is 1. The first-order valence-electron chi connectivity index (χ1n) is 9.80. The van der Waals surface area contributed by atoms with E-state index < -0.39 is 11.7 Å². The number of rotatable bonds is 10. The zero-order valence-electron chi connectivity index (χ0n) is 16.7. The fraction of sp³-hybridized carbons (Fsp3) is 0.409. The molecular weight excluding hydrogens is 379 g/mol. The molecule has 0 unspecified atom stereocenters. The molecule has 0 fully saturated rings. The second-order valence-electron chi connectivity index (χ2n) is 6.66. The van der Waals surface area contributed by atoms with Crippen LogP contribution in [0.2, 0.25) is 0 Å². The van der Waals surface area contributed by atoms with Crippen molar-refractivity contribution in [1.29, 1.82) is 5.26 Å². The van der Waals surface area contributed by atoms with Crippen LogP contribution in [-0.2, 0) is 6.18 Å². The zero-order valence-corrected chi connectivity index (χ0v) is 16.7. The maximum atomic E-state index is 13.8. The molecule has 0 aliphatic heterocycles. The van der Waals surface area contributed by atoms with Crippen LogP contribution in [0, 0.1) is 11.3 Å². The molecule has 0 aliphatic rings. The Kier molecular flexibility index (Phi) is 8.34. The molecule has 0 spiro atoms. The van der Waals surface area contributed by atoms with Crippen molar-refractivity contribution in [3.05, 3.63) is 53.6 Å². The van der Waals surface area contributed by atoms with Crippen LogP contribution in [0.15, 0.2) is 42.5 Å². The van der Waals surface area contributed by atoms with Gasteiger partial charge in [-0.3, -0.25) is 0 Å². The second-order valence-corrected chi connectivity index (χ2v) is 6.66. The summed E-state index contributed by atoms with van der Waals surface area (Å²) in [5.41, 5.74) is 2.39.